The van der Waals surface area contributed by atoms with E-state index >= 15 is 0 Å². The minimum atomic E-state index is 0.300. The van der Waals surface area contributed by atoms with Crippen LogP contribution in [0.15, 0.2) is 0 Å². The highest BCUT2D eigenvalue weighted by Crippen LogP contribution is 2.20. The molecule has 1 heterocycles. The molecule has 2 unspecified atom stereocenters. The van der Waals surface area contributed by atoms with Crippen LogP contribution < -0.4 is 5.32 Å². The van der Waals surface area contributed by atoms with Crippen molar-refractivity contribution in [3.8, 4) is 0 Å². The molecule has 2 nitrogen and oxygen atoms in total. The normalized spacial score (nSPS) is 22.3. The fourth-order valence-corrected chi connectivity index (χ4v) is 3.21. The van der Waals surface area contributed by atoms with Crippen molar-refractivity contribution in [3.63, 3.8) is 0 Å². The van der Waals surface area contributed by atoms with Gasteiger partial charge in [0.1, 0.15) is 5.78 Å². The Hall–Kier alpha value is -0.370. The summed E-state index contributed by atoms with van der Waals surface area (Å²) in [5, 5.41) is 3.32. The zero-order valence-electron chi connectivity index (χ0n) is 13.8. The van der Waals surface area contributed by atoms with E-state index in [0.717, 1.165) is 25.9 Å². The van der Waals surface area contributed by atoms with Gasteiger partial charge in [-0.15, -0.1) is 0 Å². The number of unbranched alkanes of at least 4 members (excludes halogenated alkanes) is 9. The molecule has 118 valence electrons. The van der Waals surface area contributed by atoms with Crippen LogP contribution in [0.1, 0.15) is 84.5 Å². The predicted octanol–water partition coefficient (Wildman–Crippen LogP) is 4.72. The molecule has 1 saturated heterocycles. The zero-order chi connectivity index (χ0) is 14.6. The van der Waals surface area contributed by atoms with E-state index in [2.05, 4.69) is 19.2 Å². The molecule has 1 aliphatic heterocycles. The summed E-state index contributed by atoms with van der Waals surface area (Å²) in [5.41, 5.74) is 0. The number of rotatable bonds is 12. The number of hydrogen-bond donors (Lipinski definition) is 1. The van der Waals surface area contributed by atoms with Gasteiger partial charge in [-0.2, -0.15) is 0 Å². The fraction of sp³-hybridized carbons (Fsp3) is 0.944. The second kappa shape index (κ2) is 11.3. The maximum absolute atomic E-state index is 12.1. The van der Waals surface area contributed by atoms with Crippen molar-refractivity contribution in [2.24, 2.45) is 11.8 Å². The van der Waals surface area contributed by atoms with Crippen molar-refractivity contribution in [2.45, 2.75) is 84.5 Å². The van der Waals surface area contributed by atoms with E-state index in [9.17, 15) is 4.79 Å². The maximum atomic E-state index is 12.1. The molecule has 2 heteroatoms. The summed E-state index contributed by atoms with van der Waals surface area (Å²) >= 11 is 0. The third-order valence-electron chi connectivity index (χ3n) is 4.71. The van der Waals surface area contributed by atoms with Gasteiger partial charge in [0.05, 0.1) is 0 Å². The van der Waals surface area contributed by atoms with Crippen LogP contribution >= 0.6 is 0 Å². The second-order valence-corrected chi connectivity index (χ2v) is 6.64. The summed E-state index contributed by atoms with van der Waals surface area (Å²) in [7, 11) is 0. The Labute approximate surface area is 126 Å². The van der Waals surface area contributed by atoms with Gasteiger partial charge < -0.3 is 5.32 Å². The minimum Gasteiger partial charge on any atom is -0.316 e. The molecule has 1 fully saturated rings. The molecule has 0 spiro atoms. The zero-order valence-corrected chi connectivity index (χ0v) is 13.8. The van der Waals surface area contributed by atoms with Gasteiger partial charge in [0.15, 0.2) is 0 Å². The van der Waals surface area contributed by atoms with Gasteiger partial charge in [0, 0.05) is 18.9 Å². The average molecular weight is 281 g/mol. The summed E-state index contributed by atoms with van der Waals surface area (Å²) < 4.78 is 0. The quantitative estimate of drug-likeness (QED) is 0.524. The molecule has 0 aliphatic carbocycles. The topological polar surface area (TPSA) is 29.1 Å². The minimum absolute atomic E-state index is 0.300. The van der Waals surface area contributed by atoms with Crippen LogP contribution in [0.25, 0.3) is 0 Å². The molecule has 1 N–H and O–H groups in total. The second-order valence-electron chi connectivity index (χ2n) is 6.64. The first-order valence-electron chi connectivity index (χ1n) is 8.99. The van der Waals surface area contributed by atoms with Crippen molar-refractivity contribution in [1.82, 2.24) is 5.32 Å². The SMILES string of the molecule is CCCCCCCCCCCCC(=O)C1CNCC1C. The van der Waals surface area contributed by atoms with Gasteiger partial charge in [0.25, 0.3) is 0 Å². The molecule has 1 aliphatic rings. The number of nitrogens with one attached hydrogen (secondary N) is 1. The lowest BCUT2D eigenvalue weighted by Gasteiger charge is -2.12. The molecule has 0 radical (unpaired) electrons. The van der Waals surface area contributed by atoms with Gasteiger partial charge in [-0.3, -0.25) is 4.79 Å². The highest BCUT2D eigenvalue weighted by atomic mass is 16.1. The van der Waals surface area contributed by atoms with Crippen LogP contribution in [0.2, 0.25) is 0 Å². The monoisotopic (exact) mass is 281 g/mol. The smallest absolute Gasteiger partial charge is 0.137 e. The molecule has 0 aromatic carbocycles. The Bertz CT molecular complexity index is 252. The third kappa shape index (κ3) is 7.42. The maximum Gasteiger partial charge on any atom is 0.137 e. The number of carbonyl (C=O) groups excluding carboxylic acids is 1. The number of hydrogen-bond acceptors (Lipinski definition) is 2. The van der Waals surface area contributed by atoms with Crippen LogP contribution in [-0.4, -0.2) is 18.9 Å². The lowest BCUT2D eigenvalue weighted by Crippen LogP contribution is -2.21. The van der Waals surface area contributed by atoms with E-state index in [-0.39, 0.29) is 0 Å². The molecule has 1 rings (SSSR count). The molecular formula is C18H35NO. The fourth-order valence-electron chi connectivity index (χ4n) is 3.21. The molecule has 0 aromatic heterocycles. The van der Waals surface area contributed by atoms with Crippen molar-refractivity contribution < 1.29 is 4.79 Å². The van der Waals surface area contributed by atoms with E-state index in [1.54, 1.807) is 0 Å². The van der Waals surface area contributed by atoms with E-state index in [0.29, 0.717) is 17.6 Å². The van der Waals surface area contributed by atoms with Gasteiger partial charge in [-0.1, -0.05) is 71.6 Å². The van der Waals surface area contributed by atoms with Crippen LogP contribution in [0, 0.1) is 11.8 Å². The predicted molar refractivity (Wildman–Crippen MR) is 87.0 cm³/mol. The number of Topliss-reactive ketones (excluding diaryl/α,β-unsaturated/α-hetero) is 1. The van der Waals surface area contributed by atoms with Crippen molar-refractivity contribution in [2.75, 3.05) is 13.1 Å². The first-order chi connectivity index (χ1) is 9.75. The molecule has 0 bridgehead atoms. The molecule has 20 heavy (non-hydrogen) atoms. The summed E-state index contributed by atoms with van der Waals surface area (Å²) in [6.07, 6.45) is 14.2. The summed E-state index contributed by atoms with van der Waals surface area (Å²) in [4.78, 5) is 12.1. The Kier molecular flexibility index (Phi) is 10.00. The van der Waals surface area contributed by atoms with E-state index in [1.807, 2.05) is 0 Å². The van der Waals surface area contributed by atoms with Crippen LogP contribution in [0.4, 0.5) is 0 Å². The lowest BCUT2D eigenvalue weighted by molar-refractivity contribution is -0.123. The molecule has 0 aromatic rings. The largest absolute Gasteiger partial charge is 0.316 e. The third-order valence-corrected chi connectivity index (χ3v) is 4.71. The van der Waals surface area contributed by atoms with Crippen molar-refractivity contribution in [3.05, 3.63) is 0 Å². The summed E-state index contributed by atoms with van der Waals surface area (Å²) in [6, 6.07) is 0. The highest BCUT2D eigenvalue weighted by Gasteiger charge is 2.28. The van der Waals surface area contributed by atoms with Crippen LogP contribution in [0.3, 0.4) is 0 Å². The van der Waals surface area contributed by atoms with Gasteiger partial charge >= 0.3 is 0 Å². The molecule has 0 saturated carbocycles. The van der Waals surface area contributed by atoms with E-state index in [1.165, 1.54) is 57.8 Å². The van der Waals surface area contributed by atoms with Crippen molar-refractivity contribution in [1.29, 1.82) is 0 Å². The Balaban J connectivity index is 1.86. The van der Waals surface area contributed by atoms with Crippen LogP contribution in [0.5, 0.6) is 0 Å². The number of ketones is 1. The number of carbonyl (C=O) groups is 1. The summed E-state index contributed by atoms with van der Waals surface area (Å²) in [6.45, 7) is 6.40. The van der Waals surface area contributed by atoms with Crippen molar-refractivity contribution >= 4 is 5.78 Å². The van der Waals surface area contributed by atoms with E-state index in [4.69, 9.17) is 0 Å². The summed E-state index contributed by atoms with van der Waals surface area (Å²) in [5.74, 6) is 1.35. The van der Waals surface area contributed by atoms with Gasteiger partial charge in [0.2, 0.25) is 0 Å². The molecule has 2 atom stereocenters. The van der Waals surface area contributed by atoms with Gasteiger partial charge in [-0.25, -0.2) is 0 Å². The molecule has 0 amide bonds. The first-order valence-corrected chi connectivity index (χ1v) is 8.99. The lowest BCUT2D eigenvalue weighted by atomic mass is 9.91. The first kappa shape index (κ1) is 17.7. The Morgan fingerprint density at radius 2 is 1.45 bits per heavy atom. The highest BCUT2D eigenvalue weighted by molar-refractivity contribution is 5.81. The Morgan fingerprint density at radius 1 is 0.900 bits per heavy atom. The standard InChI is InChI=1S/C18H35NO/c1-3-4-5-6-7-8-9-10-11-12-13-18(20)17-15-19-14-16(17)2/h16-17,19H,3-15H2,1-2H3. The van der Waals surface area contributed by atoms with E-state index < -0.39 is 0 Å². The average Bonchev–Trinajstić information content (AvgIpc) is 2.87. The van der Waals surface area contributed by atoms with Crippen LogP contribution in [-0.2, 0) is 4.79 Å². The van der Waals surface area contributed by atoms with Gasteiger partial charge in [-0.05, 0) is 18.9 Å². The Morgan fingerprint density at radius 3 is 1.95 bits per heavy atom. The molecular weight excluding hydrogens is 246 g/mol.